The Labute approximate surface area is 91.9 Å². The number of alkyl halides is 2. The first-order valence-electron chi connectivity index (χ1n) is 4.87. The molecule has 3 N–H and O–H groups in total. The molecule has 0 saturated carbocycles. The number of rotatable bonds is 6. The molecule has 1 heterocycles. The lowest BCUT2D eigenvalue weighted by Crippen LogP contribution is -2.31. The van der Waals surface area contributed by atoms with Gasteiger partial charge >= 0.3 is 0 Å². The molecule has 7 heteroatoms. The molecule has 0 atom stereocenters. The third kappa shape index (κ3) is 3.93. The Morgan fingerprint density at radius 1 is 1.44 bits per heavy atom. The van der Waals surface area contributed by atoms with E-state index < -0.39 is 19.1 Å². The first-order valence-corrected chi connectivity index (χ1v) is 4.87. The third-order valence-electron chi connectivity index (χ3n) is 1.75. The SMILES string of the molecule is CCNc1nccc(NCC(F)(F)CO)n1. The average Bonchev–Trinajstić information content (AvgIpc) is 2.28. The van der Waals surface area contributed by atoms with E-state index in [0.29, 0.717) is 18.3 Å². The van der Waals surface area contributed by atoms with Crippen molar-refractivity contribution in [2.45, 2.75) is 12.8 Å². The van der Waals surface area contributed by atoms with Crippen LogP contribution >= 0.6 is 0 Å². The minimum absolute atomic E-state index is 0.291. The van der Waals surface area contributed by atoms with Crippen molar-refractivity contribution in [1.29, 1.82) is 0 Å². The molecule has 0 aromatic carbocycles. The van der Waals surface area contributed by atoms with Crippen LogP contribution in [0.5, 0.6) is 0 Å². The first kappa shape index (κ1) is 12.6. The third-order valence-corrected chi connectivity index (χ3v) is 1.75. The van der Waals surface area contributed by atoms with Gasteiger partial charge in [-0.2, -0.15) is 4.98 Å². The van der Waals surface area contributed by atoms with E-state index in [9.17, 15) is 8.78 Å². The van der Waals surface area contributed by atoms with Crippen molar-refractivity contribution in [3.8, 4) is 0 Å². The van der Waals surface area contributed by atoms with E-state index in [2.05, 4.69) is 20.6 Å². The van der Waals surface area contributed by atoms with Crippen LogP contribution in [0.3, 0.4) is 0 Å². The van der Waals surface area contributed by atoms with Crippen LogP contribution in [-0.4, -0.2) is 40.7 Å². The molecular weight excluding hydrogens is 218 g/mol. The highest BCUT2D eigenvalue weighted by atomic mass is 19.3. The maximum atomic E-state index is 12.7. The van der Waals surface area contributed by atoms with Crippen molar-refractivity contribution in [3.63, 3.8) is 0 Å². The van der Waals surface area contributed by atoms with Gasteiger partial charge in [0.15, 0.2) is 0 Å². The number of halogens is 2. The molecule has 0 unspecified atom stereocenters. The van der Waals surface area contributed by atoms with Gasteiger partial charge in [-0.05, 0) is 13.0 Å². The minimum Gasteiger partial charge on any atom is -0.390 e. The van der Waals surface area contributed by atoms with E-state index in [1.165, 1.54) is 12.3 Å². The molecule has 0 fully saturated rings. The summed E-state index contributed by atoms with van der Waals surface area (Å²) >= 11 is 0. The van der Waals surface area contributed by atoms with Crippen LogP contribution < -0.4 is 10.6 Å². The van der Waals surface area contributed by atoms with Gasteiger partial charge in [0.05, 0.1) is 6.54 Å². The summed E-state index contributed by atoms with van der Waals surface area (Å²) in [4.78, 5) is 7.85. The summed E-state index contributed by atoms with van der Waals surface area (Å²) in [7, 11) is 0. The normalized spacial score (nSPS) is 11.2. The van der Waals surface area contributed by atoms with Gasteiger partial charge in [-0.1, -0.05) is 0 Å². The lowest BCUT2D eigenvalue weighted by atomic mass is 10.3. The zero-order valence-electron chi connectivity index (χ0n) is 8.87. The molecule has 0 aliphatic rings. The van der Waals surface area contributed by atoms with E-state index in [4.69, 9.17) is 5.11 Å². The quantitative estimate of drug-likeness (QED) is 0.681. The van der Waals surface area contributed by atoms with E-state index in [1.54, 1.807) is 0 Å². The number of nitrogens with zero attached hydrogens (tertiary/aromatic N) is 2. The molecule has 0 amide bonds. The second-order valence-electron chi connectivity index (χ2n) is 3.16. The fourth-order valence-electron chi connectivity index (χ4n) is 0.976. The number of aliphatic hydroxyl groups excluding tert-OH is 1. The molecule has 5 nitrogen and oxygen atoms in total. The van der Waals surface area contributed by atoms with E-state index in [1.807, 2.05) is 6.92 Å². The highest BCUT2D eigenvalue weighted by Crippen LogP contribution is 2.13. The van der Waals surface area contributed by atoms with Gasteiger partial charge in [0.2, 0.25) is 5.95 Å². The summed E-state index contributed by atoms with van der Waals surface area (Å²) in [6, 6.07) is 1.48. The zero-order chi connectivity index (χ0) is 12.0. The molecule has 0 aliphatic heterocycles. The molecule has 16 heavy (non-hydrogen) atoms. The summed E-state index contributed by atoms with van der Waals surface area (Å²) < 4.78 is 25.4. The first-order chi connectivity index (χ1) is 7.57. The van der Waals surface area contributed by atoms with Gasteiger partial charge in [-0.15, -0.1) is 0 Å². The van der Waals surface area contributed by atoms with Crippen LogP contribution in [0.1, 0.15) is 6.92 Å². The summed E-state index contributed by atoms with van der Waals surface area (Å²) in [6.45, 7) is 0.677. The van der Waals surface area contributed by atoms with Crippen molar-refractivity contribution < 1.29 is 13.9 Å². The predicted molar refractivity (Wildman–Crippen MR) is 56.7 cm³/mol. The Bertz CT molecular complexity index is 335. The van der Waals surface area contributed by atoms with E-state index in [-0.39, 0.29) is 0 Å². The van der Waals surface area contributed by atoms with Crippen molar-refractivity contribution in [2.24, 2.45) is 0 Å². The zero-order valence-corrected chi connectivity index (χ0v) is 8.87. The van der Waals surface area contributed by atoms with Crippen molar-refractivity contribution in [2.75, 3.05) is 30.3 Å². The monoisotopic (exact) mass is 232 g/mol. The van der Waals surface area contributed by atoms with E-state index >= 15 is 0 Å². The second kappa shape index (κ2) is 5.55. The van der Waals surface area contributed by atoms with E-state index in [0.717, 1.165) is 0 Å². The van der Waals surface area contributed by atoms with Gasteiger partial charge in [-0.25, -0.2) is 13.8 Å². The topological polar surface area (TPSA) is 70.1 Å². The molecule has 0 saturated heterocycles. The predicted octanol–water partition coefficient (Wildman–Crippen LogP) is 0.948. The van der Waals surface area contributed by atoms with Gasteiger partial charge in [0.25, 0.3) is 5.92 Å². The Hall–Kier alpha value is -1.50. The van der Waals surface area contributed by atoms with Crippen molar-refractivity contribution in [3.05, 3.63) is 12.3 Å². The molecular formula is C9H14F2N4O. The summed E-state index contributed by atoms with van der Waals surface area (Å²) in [5, 5.41) is 13.7. The molecule has 1 aromatic heterocycles. The molecule has 0 bridgehead atoms. The second-order valence-corrected chi connectivity index (χ2v) is 3.16. The largest absolute Gasteiger partial charge is 0.390 e. The Kier molecular flexibility index (Phi) is 4.36. The summed E-state index contributed by atoms with van der Waals surface area (Å²) in [5.74, 6) is -2.48. The smallest absolute Gasteiger partial charge is 0.287 e. The fourth-order valence-corrected chi connectivity index (χ4v) is 0.976. The summed E-state index contributed by atoms with van der Waals surface area (Å²) in [6.07, 6.45) is 1.46. The average molecular weight is 232 g/mol. The van der Waals surface area contributed by atoms with Crippen LogP contribution in [0.25, 0.3) is 0 Å². The Balaban J connectivity index is 2.57. The number of hydrogen-bond acceptors (Lipinski definition) is 5. The van der Waals surface area contributed by atoms with Crippen LogP contribution in [-0.2, 0) is 0 Å². The van der Waals surface area contributed by atoms with Crippen LogP contribution in [0.4, 0.5) is 20.5 Å². The van der Waals surface area contributed by atoms with Gasteiger partial charge in [0.1, 0.15) is 12.4 Å². The Morgan fingerprint density at radius 2 is 2.19 bits per heavy atom. The number of anilines is 2. The number of aliphatic hydroxyl groups is 1. The van der Waals surface area contributed by atoms with Crippen molar-refractivity contribution in [1.82, 2.24) is 9.97 Å². The molecule has 0 radical (unpaired) electrons. The molecule has 0 spiro atoms. The van der Waals surface area contributed by atoms with Crippen LogP contribution in [0, 0.1) is 0 Å². The fraction of sp³-hybridized carbons (Fsp3) is 0.556. The van der Waals surface area contributed by atoms with Crippen LogP contribution in [0.15, 0.2) is 12.3 Å². The maximum Gasteiger partial charge on any atom is 0.287 e. The molecule has 0 aliphatic carbocycles. The maximum absolute atomic E-state index is 12.7. The minimum atomic E-state index is -3.15. The lowest BCUT2D eigenvalue weighted by molar-refractivity contribution is -0.0373. The van der Waals surface area contributed by atoms with Crippen LogP contribution in [0.2, 0.25) is 0 Å². The lowest BCUT2D eigenvalue weighted by Gasteiger charge is -2.14. The number of hydrogen-bond donors (Lipinski definition) is 3. The number of aromatic nitrogens is 2. The standard InChI is InChI=1S/C9H14F2N4O/c1-2-12-8-13-4-3-7(15-8)14-5-9(10,11)6-16/h3-4,16H,2,5-6H2,1H3,(H2,12,13,14,15). The summed E-state index contributed by atoms with van der Waals surface area (Å²) in [5.41, 5.74) is 0. The molecule has 90 valence electrons. The van der Waals surface area contributed by atoms with Crippen molar-refractivity contribution >= 4 is 11.8 Å². The van der Waals surface area contributed by atoms with Gasteiger partial charge in [-0.3, -0.25) is 0 Å². The highest BCUT2D eigenvalue weighted by Gasteiger charge is 2.27. The Morgan fingerprint density at radius 3 is 2.81 bits per heavy atom. The molecule has 1 rings (SSSR count). The van der Waals surface area contributed by atoms with Gasteiger partial charge < -0.3 is 15.7 Å². The molecule has 1 aromatic rings. The number of nitrogens with one attached hydrogen (secondary N) is 2. The van der Waals surface area contributed by atoms with Gasteiger partial charge in [0, 0.05) is 12.7 Å². The highest BCUT2D eigenvalue weighted by molar-refractivity contribution is 5.39.